The van der Waals surface area contributed by atoms with Crippen LogP contribution in [0.4, 0.5) is 5.82 Å². The number of nitrogens with zero attached hydrogens (tertiary/aromatic N) is 2. The van der Waals surface area contributed by atoms with E-state index in [9.17, 15) is 9.59 Å². The molecule has 2 N–H and O–H groups in total. The molecule has 0 aromatic carbocycles. The molecular formula is C13H11N3O3. The molecule has 2 rings (SSSR count). The van der Waals surface area contributed by atoms with Gasteiger partial charge in [-0.3, -0.25) is 4.79 Å². The van der Waals surface area contributed by atoms with Gasteiger partial charge in [-0.25, -0.2) is 14.8 Å². The van der Waals surface area contributed by atoms with Crippen LogP contribution in [0.1, 0.15) is 26.4 Å². The van der Waals surface area contributed by atoms with Crippen LogP contribution in [0.15, 0.2) is 36.7 Å². The molecule has 6 nitrogen and oxygen atoms in total. The van der Waals surface area contributed by atoms with Gasteiger partial charge < -0.3 is 10.4 Å². The molecule has 2 aromatic heterocycles. The number of aromatic carboxylic acids is 1. The number of carbonyl (C=O) groups is 2. The highest BCUT2D eigenvalue weighted by Crippen LogP contribution is 2.07. The first kappa shape index (κ1) is 12.7. The Morgan fingerprint density at radius 2 is 1.89 bits per heavy atom. The van der Waals surface area contributed by atoms with Crippen LogP contribution in [0.3, 0.4) is 0 Å². The minimum atomic E-state index is -1.13. The van der Waals surface area contributed by atoms with Gasteiger partial charge in [0.15, 0.2) is 0 Å². The van der Waals surface area contributed by atoms with Gasteiger partial charge in [0.1, 0.15) is 11.5 Å². The summed E-state index contributed by atoms with van der Waals surface area (Å²) in [4.78, 5) is 30.2. The van der Waals surface area contributed by atoms with Crippen molar-refractivity contribution >= 4 is 17.7 Å². The Bertz CT molecular complexity index is 606. The van der Waals surface area contributed by atoms with E-state index in [1.54, 1.807) is 12.3 Å². The van der Waals surface area contributed by atoms with Gasteiger partial charge in [-0.05, 0) is 30.7 Å². The highest BCUT2D eigenvalue weighted by Gasteiger charge is 2.09. The molecule has 2 aromatic rings. The van der Waals surface area contributed by atoms with E-state index in [1.165, 1.54) is 18.3 Å². The number of hydrogen-bond acceptors (Lipinski definition) is 4. The minimum absolute atomic E-state index is 0.106. The summed E-state index contributed by atoms with van der Waals surface area (Å²) in [5, 5.41) is 11.3. The van der Waals surface area contributed by atoms with Crippen LogP contribution in [0, 0.1) is 6.92 Å². The number of hydrogen-bond donors (Lipinski definition) is 2. The summed E-state index contributed by atoms with van der Waals surface area (Å²) in [6, 6.07) is 6.19. The molecule has 0 aliphatic heterocycles. The minimum Gasteiger partial charge on any atom is -0.477 e. The Kier molecular flexibility index (Phi) is 3.51. The normalized spacial score (nSPS) is 9.95. The molecule has 0 aliphatic rings. The summed E-state index contributed by atoms with van der Waals surface area (Å²) in [7, 11) is 0. The molecule has 0 unspecified atom stereocenters. The standard InChI is InChI=1S/C13H11N3O3/c1-8-2-5-11(15-6-8)16-12(17)9-3-4-10(13(18)19)14-7-9/h2-7H,1H3,(H,18,19)(H,15,16,17). The molecule has 0 fully saturated rings. The smallest absolute Gasteiger partial charge is 0.354 e. The van der Waals surface area contributed by atoms with Crippen molar-refractivity contribution in [2.45, 2.75) is 6.92 Å². The average Bonchev–Trinajstić information content (AvgIpc) is 2.41. The summed E-state index contributed by atoms with van der Waals surface area (Å²) in [6.45, 7) is 1.90. The predicted molar refractivity (Wildman–Crippen MR) is 68.1 cm³/mol. The molecule has 0 saturated carbocycles. The lowest BCUT2D eigenvalue weighted by Gasteiger charge is -2.04. The van der Waals surface area contributed by atoms with Crippen LogP contribution < -0.4 is 5.32 Å². The van der Waals surface area contributed by atoms with Gasteiger partial charge in [0.25, 0.3) is 5.91 Å². The Morgan fingerprint density at radius 3 is 2.42 bits per heavy atom. The number of carboxylic acid groups (broad SMARTS) is 1. The van der Waals surface area contributed by atoms with Crippen molar-refractivity contribution < 1.29 is 14.7 Å². The van der Waals surface area contributed by atoms with Crippen molar-refractivity contribution in [2.75, 3.05) is 5.32 Å². The second kappa shape index (κ2) is 5.26. The van der Waals surface area contributed by atoms with E-state index < -0.39 is 5.97 Å². The Balaban J connectivity index is 2.11. The number of amides is 1. The van der Waals surface area contributed by atoms with Gasteiger partial charge in [-0.2, -0.15) is 0 Å². The zero-order valence-corrected chi connectivity index (χ0v) is 10.1. The molecule has 1 amide bonds. The van der Waals surface area contributed by atoms with Crippen molar-refractivity contribution in [1.29, 1.82) is 0 Å². The van der Waals surface area contributed by atoms with Crippen molar-refractivity contribution in [3.05, 3.63) is 53.5 Å². The Hall–Kier alpha value is -2.76. The second-order valence-electron chi connectivity index (χ2n) is 3.91. The number of aromatic nitrogens is 2. The van der Waals surface area contributed by atoms with Crippen molar-refractivity contribution in [3.8, 4) is 0 Å². The van der Waals surface area contributed by atoms with Crippen molar-refractivity contribution in [1.82, 2.24) is 9.97 Å². The zero-order chi connectivity index (χ0) is 13.8. The van der Waals surface area contributed by atoms with E-state index in [1.807, 2.05) is 13.0 Å². The summed E-state index contributed by atoms with van der Waals surface area (Å²) in [5.74, 6) is -1.09. The van der Waals surface area contributed by atoms with Gasteiger partial charge in [-0.1, -0.05) is 6.07 Å². The highest BCUT2D eigenvalue weighted by molar-refractivity contribution is 6.03. The molecule has 6 heteroatoms. The average molecular weight is 257 g/mol. The zero-order valence-electron chi connectivity index (χ0n) is 10.1. The third-order valence-electron chi connectivity index (χ3n) is 2.40. The second-order valence-corrected chi connectivity index (χ2v) is 3.91. The van der Waals surface area contributed by atoms with Crippen LogP contribution in [0.2, 0.25) is 0 Å². The number of nitrogens with one attached hydrogen (secondary N) is 1. The van der Waals surface area contributed by atoms with E-state index in [2.05, 4.69) is 15.3 Å². The number of carboxylic acids is 1. The van der Waals surface area contributed by atoms with Crippen molar-refractivity contribution in [3.63, 3.8) is 0 Å². The molecule has 0 spiro atoms. The number of aryl methyl sites for hydroxylation is 1. The number of anilines is 1. The van der Waals surface area contributed by atoms with Crippen LogP contribution in [-0.4, -0.2) is 27.0 Å². The number of carbonyl (C=O) groups excluding carboxylic acids is 1. The van der Waals surface area contributed by atoms with Gasteiger partial charge in [0, 0.05) is 12.4 Å². The molecule has 0 radical (unpaired) electrons. The number of rotatable bonds is 3. The van der Waals surface area contributed by atoms with E-state index in [-0.39, 0.29) is 17.2 Å². The maximum absolute atomic E-state index is 11.8. The SMILES string of the molecule is Cc1ccc(NC(=O)c2ccc(C(=O)O)nc2)nc1. The molecule has 0 aliphatic carbocycles. The van der Waals surface area contributed by atoms with E-state index in [0.717, 1.165) is 5.56 Å². The maximum atomic E-state index is 11.8. The van der Waals surface area contributed by atoms with Gasteiger partial charge >= 0.3 is 5.97 Å². The monoisotopic (exact) mass is 257 g/mol. The van der Waals surface area contributed by atoms with Gasteiger partial charge in [0.05, 0.1) is 5.56 Å². The van der Waals surface area contributed by atoms with Gasteiger partial charge in [0.2, 0.25) is 0 Å². The first-order valence-corrected chi connectivity index (χ1v) is 5.49. The lowest BCUT2D eigenvalue weighted by Crippen LogP contribution is -2.13. The third-order valence-corrected chi connectivity index (χ3v) is 2.40. The summed E-state index contributed by atoms with van der Waals surface area (Å²) < 4.78 is 0. The Labute approximate surface area is 109 Å². The van der Waals surface area contributed by atoms with Crippen molar-refractivity contribution in [2.24, 2.45) is 0 Å². The maximum Gasteiger partial charge on any atom is 0.354 e. The summed E-state index contributed by atoms with van der Waals surface area (Å²) >= 11 is 0. The molecule has 0 atom stereocenters. The lowest BCUT2D eigenvalue weighted by molar-refractivity contribution is 0.0690. The first-order valence-electron chi connectivity index (χ1n) is 5.49. The summed E-state index contributed by atoms with van der Waals surface area (Å²) in [6.07, 6.45) is 2.86. The molecular weight excluding hydrogens is 246 g/mol. The molecule has 2 heterocycles. The molecule has 19 heavy (non-hydrogen) atoms. The molecule has 0 saturated heterocycles. The third kappa shape index (κ3) is 3.12. The highest BCUT2D eigenvalue weighted by atomic mass is 16.4. The van der Waals surface area contributed by atoms with Crippen LogP contribution in [0.5, 0.6) is 0 Å². The van der Waals surface area contributed by atoms with E-state index >= 15 is 0 Å². The molecule has 0 bridgehead atoms. The fourth-order valence-corrected chi connectivity index (χ4v) is 1.38. The lowest BCUT2D eigenvalue weighted by atomic mass is 10.2. The topological polar surface area (TPSA) is 92.2 Å². The predicted octanol–water partition coefficient (Wildman–Crippen LogP) is 1.74. The quantitative estimate of drug-likeness (QED) is 0.873. The largest absolute Gasteiger partial charge is 0.477 e. The van der Waals surface area contributed by atoms with Crippen LogP contribution in [-0.2, 0) is 0 Å². The van der Waals surface area contributed by atoms with Crippen LogP contribution in [0.25, 0.3) is 0 Å². The van der Waals surface area contributed by atoms with E-state index in [4.69, 9.17) is 5.11 Å². The molecule has 96 valence electrons. The van der Waals surface area contributed by atoms with E-state index in [0.29, 0.717) is 5.82 Å². The fraction of sp³-hybridized carbons (Fsp3) is 0.0769. The summed E-state index contributed by atoms with van der Waals surface area (Å²) in [5.41, 5.74) is 1.16. The van der Waals surface area contributed by atoms with Crippen LogP contribution >= 0.6 is 0 Å². The number of pyridine rings is 2. The fourth-order valence-electron chi connectivity index (χ4n) is 1.38. The van der Waals surface area contributed by atoms with Gasteiger partial charge in [-0.15, -0.1) is 0 Å². The Morgan fingerprint density at radius 1 is 1.11 bits per heavy atom. The first-order chi connectivity index (χ1) is 9.06.